The number of alkyl halides is 1. The molecule has 1 aliphatic rings. The summed E-state index contributed by atoms with van der Waals surface area (Å²) in [5.41, 5.74) is 0. The second-order valence-electron chi connectivity index (χ2n) is 5.79. The molecule has 4 heteroatoms. The van der Waals surface area contributed by atoms with Gasteiger partial charge in [-0.05, 0) is 43.9 Å². The average Bonchev–Trinajstić information content (AvgIpc) is 2.79. The predicted octanol–water partition coefficient (Wildman–Crippen LogP) is 3.52. The van der Waals surface area contributed by atoms with Gasteiger partial charge in [0.1, 0.15) is 12.2 Å². The van der Waals surface area contributed by atoms with Crippen LogP contribution >= 0.6 is 11.6 Å². The van der Waals surface area contributed by atoms with Gasteiger partial charge in [0.2, 0.25) is 0 Å². The van der Waals surface area contributed by atoms with Gasteiger partial charge >= 0.3 is 0 Å². The fourth-order valence-electron chi connectivity index (χ4n) is 3.02. The van der Waals surface area contributed by atoms with Crippen molar-refractivity contribution in [3.63, 3.8) is 0 Å². The SMILES string of the molecule is CCn1ncnc1CC1CC(C(C)C)CCC1Cl. The molecule has 18 heavy (non-hydrogen) atoms. The Hall–Kier alpha value is -0.570. The maximum atomic E-state index is 6.51. The van der Waals surface area contributed by atoms with Crippen molar-refractivity contribution in [2.45, 2.75) is 58.4 Å². The molecule has 1 fully saturated rings. The lowest BCUT2D eigenvalue weighted by molar-refractivity contribution is 0.215. The first-order valence-electron chi connectivity index (χ1n) is 7.12. The number of nitrogens with zero attached hydrogens (tertiary/aromatic N) is 3. The molecule has 3 nitrogen and oxygen atoms in total. The maximum absolute atomic E-state index is 6.51. The Morgan fingerprint density at radius 3 is 2.89 bits per heavy atom. The van der Waals surface area contributed by atoms with E-state index in [1.54, 1.807) is 6.33 Å². The van der Waals surface area contributed by atoms with Gasteiger partial charge in [0.25, 0.3) is 0 Å². The summed E-state index contributed by atoms with van der Waals surface area (Å²) in [6.45, 7) is 7.65. The fraction of sp³-hybridized carbons (Fsp3) is 0.857. The Kier molecular flexibility index (Phi) is 4.66. The van der Waals surface area contributed by atoms with Crippen LogP contribution in [0.4, 0.5) is 0 Å². The Bertz CT molecular complexity index is 375. The first kappa shape index (κ1) is 13.9. The van der Waals surface area contributed by atoms with Crippen molar-refractivity contribution in [3.05, 3.63) is 12.2 Å². The van der Waals surface area contributed by atoms with Crippen molar-refractivity contribution in [1.29, 1.82) is 0 Å². The van der Waals surface area contributed by atoms with Crippen molar-refractivity contribution >= 4 is 11.6 Å². The van der Waals surface area contributed by atoms with E-state index in [-0.39, 0.29) is 0 Å². The van der Waals surface area contributed by atoms with Crippen molar-refractivity contribution in [2.24, 2.45) is 17.8 Å². The Morgan fingerprint density at radius 1 is 1.44 bits per heavy atom. The highest BCUT2D eigenvalue weighted by atomic mass is 35.5. The fourth-order valence-corrected chi connectivity index (χ4v) is 3.34. The van der Waals surface area contributed by atoms with Crippen molar-refractivity contribution in [1.82, 2.24) is 14.8 Å². The molecule has 0 N–H and O–H groups in total. The van der Waals surface area contributed by atoms with Crippen LogP contribution in [-0.4, -0.2) is 20.1 Å². The number of aryl methyl sites for hydroxylation is 1. The van der Waals surface area contributed by atoms with Gasteiger partial charge in [-0.3, -0.25) is 4.68 Å². The van der Waals surface area contributed by atoms with E-state index < -0.39 is 0 Å². The minimum Gasteiger partial charge on any atom is -0.250 e. The minimum absolute atomic E-state index is 0.307. The third-order valence-electron chi connectivity index (χ3n) is 4.31. The van der Waals surface area contributed by atoms with Crippen LogP contribution in [0.15, 0.2) is 6.33 Å². The quantitative estimate of drug-likeness (QED) is 0.783. The van der Waals surface area contributed by atoms with Crippen LogP contribution in [0.2, 0.25) is 0 Å². The summed E-state index contributed by atoms with van der Waals surface area (Å²) < 4.78 is 1.99. The lowest BCUT2D eigenvalue weighted by Crippen LogP contribution is -2.30. The van der Waals surface area contributed by atoms with Gasteiger partial charge in [-0.15, -0.1) is 11.6 Å². The summed E-state index contributed by atoms with van der Waals surface area (Å²) >= 11 is 6.51. The highest BCUT2D eigenvalue weighted by molar-refractivity contribution is 6.20. The zero-order valence-electron chi connectivity index (χ0n) is 11.6. The Balaban J connectivity index is 2.02. The summed E-state index contributed by atoms with van der Waals surface area (Å²) in [5.74, 6) is 3.24. The van der Waals surface area contributed by atoms with E-state index >= 15 is 0 Å². The predicted molar refractivity (Wildman–Crippen MR) is 74.7 cm³/mol. The second kappa shape index (κ2) is 6.05. The molecule has 1 aromatic heterocycles. The number of rotatable bonds is 4. The highest BCUT2D eigenvalue weighted by Crippen LogP contribution is 2.37. The monoisotopic (exact) mass is 269 g/mol. The van der Waals surface area contributed by atoms with E-state index in [2.05, 4.69) is 30.9 Å². The topological polar surface area (TPSA) is 30.7 Å². The van der Waals surface area contributed by atoms with E-state index in [1.807, 2.05) is 4.68 Å². The Morgan fingerprint density at radius 2 is 2.22 bits per heavy atom. The van der Waals surface area contributed by atoms with Crippen molar-refractivity contribution in [2.75, 3.05) is 0 Å². The molecule has 0 amide bonds. The lowest BCUT2D eigenvalue weighted by atomic mass is 9.75. The molecule has 3 atom stereocenters. The highest BCUT2D eigenvalue weighted by Gasteiger charge is 2.31. The molecule has 0 radical (unpaired) electrons. The second-order valence-corrected chi connectivity index (χ2v) is 6.35. The van der Waals surface area contributed by atoms with Gasteiger partial charge in [-0.2, -0.15) is 5.10 Å². The van der Waals surface area contributed by atoms with Gasteiger partial charge in [0, 0.05) is 18.3 Å². The summed E-state index contributed by atoms with van der Waals surface area (Å²) in [5, 5.41) is 4.55. The van der Waals surface area contributed by atoms with Gasteiger partial charge in [0.05, 0.1) is 0 Å². The van der Waals surface area contributed by atoms with Crippen molar-refractivity contribution in [3.8, 4) is 0 Å². The van der Waals surface area contributed by atoms with Crippen LogP contribution in [0.1, 0.15) is 45.9 Å². The minimum atomic E-state index is 0.307. The zero-order valence-corrected chi connectivity index (χ0v) is 12.4. The normalized spacial score (nSPS) is 28.8. The molecular weight excluding hydrogens is 246 g/mol. The summed E-state index contributed by atoms with van der Waals surface area (Å²) in [6, 6.07) is 0. The molecule has 0 aliphatic heterocycles. The molecule has 102 valence electrons. The molecule has 1 heterocycles. The number of hydrogen-bond donors (Lipinski definition) is 0. The third-order valence-corrected chi connectivity index (χ3v) is 4.89. The van der Waals surface area contributed by atoms with Crippen LogP contribution in [0.25, 0.3) is 0 Å². The van der Waals surface area contributed by atoms with Crippen LogP contribution < -0.4 is 0 Å². The molecule has 0 spiro atoms. The van der Waals surface area contributed by atoms with Gasteiger partial charge in [-0.1, -0.05) is 13.8 Å². The molecule has 1 aliphatic carbocycles. The Labute approximate surface area is 115 Å². The van der Waals surface area contributed by atoms with E-state index in [4.69, 9.17) is 11.6 Å². The molecule has 3 unspecified atom stereocenters. The molecular formula is C14H24ClN3. The van der Waals surface area contributed by atoms with E-state index in [1.165, 1.54) is 12.8 Å². The molecule has 1 aromatic rings. The maximum Gasteiger partial charge on any atom is 0.138 e. The smallest absolute Gasteiger partial charge is 0.138 e. The van der Waals surface area contributed by atoms with Gasteiger partial charge in [-0.25, -0.2) is 4.98 Å². The molecule has 0 bridgehead atoms. The van der Waals surface area contributed by atoms with Crippen molar-refractivity contribution < 1.29 is 0 Å². The number of halogens is 1. The summed E-state index contributed by atoms with van der Waals surface area (Å²) in [7, 11) is 0. The van der Waals surface area contributed by atoms with E-state index in [0.29, 0.717) is 11.3 Å². The summed E-state index contributed by atoms with van der Waals surface area (Å²) in [4.78, 5) is 4.38. The number of aromatic nitrogens is 3. The zero-order chi connectivity index (χ0) is 13.1. The molecule has 0 aromatic carbocycles. The van der Waals surface area contributed by atoms with Crippen LogP contribution in [0.3, 0.4) is 0 Å². The first-order valence-corrected chi connectivity index (χ1v) is 7.56. The first-order chi connectivity index (χ1) is 8.61. The molecule has 1 saturated carbocycles. The summed E-state index contributed by atoms with van der Waals surface area (Å²) in [6.07, 6.45) is 6.30. The average molecular weight is 270 g/mol. The van der Waals surface area contributed by atoms with Gasteiger partial charge < -0.3 is 0 Å². The third kappa shape index (κ3) is 3.05. The standard InChI is InChI=1S/C14H24ClN3/c1-4-18-14(16-9-17-18)8-12-7-11(10(2)3)5-6-13(12)15/h9-13H,4-8H2,1-3H3. The van der Waals surface area contributed by atoms with E-state index in [9.17, 15) is 0 Å². The van der Waals surface area contributed by atoms with Gasteiger partial charge in [0.15, 0.2) is 0 Å². The van der Waals surface area contributed by atoms with Crippen LogP contribution in [-0.2, 0) is 13.0 Å². The molecule has 2 rings (SSSR count). The molecule has 0 saturated heterocycles. The largest absolute Gasteiger partial charge is 0.250 e. The van der Waals surface area contributed by atoms with Crippen LogP contribution in [0.5, 0.6) is 0 Å². The van der Waals surface area contributed by atoms with E-state index in [0.717, 1.165) is 37.0 Å². The number of hydrogen-bond acceptors (Lipinski definition) is 2. The lowest BCUT2D eigenvalue weighted by Gasteiger charge is -2.34. The van der Waals surface area contributed by atoms with Crippen LogP contribution in [0, 0.1) is 17.8 Å².